The molecule has 1 heterocycles. The molecule has 5 rings (SSSR count). The summed E-state index contributed by atoms with van der Waals surface area (Å²) < 4.78 is 11.3. The number of hydrogen-bond donors (Lipinski definition) is 3. The average Bonchev–Trinajstić information content (AvgIpc) is 3.50. The first kappa shape index (κ1) is 35.2. The van der Waals surface area contributed by atoms with Crippen LogP contribution in [-0.2, 0) is 29.3 Å². The van der Waals surface area contributed by atoms with Gasteiger partial charge in [0, 0.05) is 22.9 Å². The first-order valence-electron chi connectivity index (χ1n) is 16.9. The van der Waals surface area contributed by atoms with Crippen LogP contribution in [0.2, 0.25) is 5.02 Å². The summed E-state index contributed by atoms with van der Waals surface area (Å²) in [6.07, 6.45) is 4.74. The number of ether oxygens (including phenoxy) is 2. The highest BCUT2D eigenvalue weighted by Gasteiger charge is 2.38. The number of rotatable bonds is 12. The minimum absolute atomic E-state index is 0.114. The number of methoxy groups -OCH3 is 1. The molecule has 3 aromatic rings. The molecule has 1 saturated heterocycles. The molecule has 2 fully saturated rings. The van der Waals surface area contributed by atoms with Crippen molar-refractivity contribution in [3.63, 3.8) is 0 Å². The van der Waals surface area contributed by atoms with Crippen LogP contribution in [0.3, 0.4) is 0 Å². The van der Waals surface area contributed by atoms with Crippen molar-refractivity contribution < 1.29 is 28.7 Å². The van der Waals surface area contributed by atoms with Gasteiger partial charge in [0.05, 0.1) is 7.11 Å². The van der Waals surface area contributed by atoms with Crippen LogP contribution in [-0.4, -0.2) is 49.6 Å². The van der Waals surface area contributed by atoms with Crippen molar-refractivity contribution in [2.45, 2.75) is 88.8 Å². The molecular weight excluding hydrogens is 630 g/mol. The molecule has 0 radical (unpaired) electrons. The van der Waals surface area contributed by atoms with Gasteiger partial charge < -0.3 is 25.4 Å². The standard InChI is InChI=1S/C38H46ClN3O6/c1-38(2,29-14-9-15-30(39)23-29)33(27-17-16-25-12-7-8-13-26(25)21-27)48-37(46)42-31(20-24-10-5-4-6-11-24)35(44)41-32(36(45)47-3)22-28-18-19-40-34(28)43/h7-9,12-17,21,23-24,28,31-33H,4-6,10-11,18-20,22H2,1-3H3,(H,40,43)(H,41,44)(H,42,46)/t28-,31-,32-,33?/m0/s1. The van der Waals surface area contributed by atoms with E-state index < -0.39 is 47.5 Å². The van der Waals surface area contributed by atoms with Crippen LogP contribution in [0.25, 0.3) is 10.8 Å². The molecule has 256 valence electrons. The van der Waals surface area contributed by atoms with Gasteiger partial charge in [-0.15, -0.1) is 0 Å². The van der Waals surface area contributed by atoms with Crippen molar-refractivity contribution in [3.05, 3.63) is 82.9 Å². The van der Waals surface area contributed by atoms with E-state index in [0.29, 0.717) is 24.4 Å². The molecule has 2 aliphatic rings. The lowest BCUT2D eigenvalue weighted by molar-refractivity contribution is -0.146. The molecule has 1 saturated carbocycles. The van der Waals surface area contributed by atoms with E-state index in [9.17, 15) is 19.2 Å². The van der Waals surface area contributed by atoms with Gasteiger partial charge in [-0.2, -0.15) is 0 Å². The van der Waals surface area contributed by atoms with Gasteiger partial charge in [-0.1, -0.05) is 106 Å². The summed E-state index contributed by atoms with van der Waals surface area (Å²) in [4.78, 5) is 52.8. The molecule has 0 bridgehead atoms. The second kappa shape index (κ2) is 15.9. The Morgan fingerprint density at radius 1 is 0.896 bits per heavy atom. The smallest absolute Gasteiger partial charge is 0.408 e. The van der Waals surface area contributed by atoms with Crippen molar-refractivity contribution in [3.8, 4) is 0 Å². The molecule has 3 amide bonds. The SMILES string of the molecule is COC(=O)[C@H](C[C@@H]1CCNC1=O)NC(=O)[C@H](CC1CCCCC1)NC(=O)OC(c1ccc2ccccc2c1)C(C)(C)c1cccc(Cl)c1. The Labute approximate surface area is 287 Å². The fraction of sp³-hybridized carbons (Fsp3) is 0.474. The number of alkyl carbamates (subject to hydrolysis) is 1. The van der Waals surface area contributed by atoms with Gasteiger partial charge in [-0.25, -0.2) is 9.59 Å². The molecule has 0 spiro atoms. The third kappa shape index (κ3) is 8.67. The number of fused-ring (bicyclic) bond motifs is 1. The minimum atomic E-state index is -1.03. The van der Waals surface area contributed by atoms with E-state index in [1.807, 2.05) is 74.5 Å². The highest BCUT2D eigenvalue weighted by atomic mass is 35.5. The largest absolute Gasteiger partial charge is 0.467 e. The molecule has 1 aliphatic heterocycles. The van der Waals surface area contributed by atoms with Crippen molar-refractivity contribution >= 4 is 46.3 Å². The molecule has 48 heavy (non-hydrogen) atoms. The molecule has 10 heteroatoms. The van der Waals surface area contributed by atoms with Crippen molar-refractivity contribution in [1.82, 2.24) is 16.0 Å². The minimum Gasteiger partial charge on any atom is -0.467 e. The second-order valence-electron chi connectivity index (χ2n) is 13.7. The van der Waals surface area contributed by atoms with Gasteiger partial charge in [0.25, 0.3) is 0 Å². The zero-order chi connectivity index (χ0) is 34.3. The van der Waals surface area contributed by atoms with Crippen LogP contribution in [0.5, 0.6) is 0 Å². The highest BCUT2D eigenvalue weighted by molar-refractivity contribution is 6.30. The normalized spacial score (nSPS) is 18.8. The summed E-state index contributed by atoms with van der Waals surface area (Å²) in [6.45, 7) is 4.52. The van der Waals surface area contributed by atoms with E-state index in [1.54, 1.807) is 6.07 Å². The highest BCUT2D eigenvalue weighted by Crippen LogP contribution is 2.41. The van der Waals surface area contributed by atoms with E-state index >= 15 is 0 Å². The van der Waals surface area contributed by atoms with Gasteiger partial charge in [-0.05, 0) is 65.3 Å². The number of halogens is 1. The summed E-state index contributed by atoms with van der Waals surface area (Å²) in [6, 6.07) is 19.5. The van der Waals surface area contributed by atoms with Gasteiger partial charge in [-0.3, -0.25) is 9.59 Å². The van der Waals surface area contributed by atoms with Crippen LogP contribution in [0, 0.1) is 11.8 Å². The monoisotopic (exact) mass is 675 g/mol. The number of nitrogens with one attached hydrogen (secondary N) is 3. The molecule has 3 aromatic carbocycles. The Morgan fingerprint density at radius 3 is 2.33 bits per heavy atom. The number of hydrogen-bond acceptors (Lipinski definition) is 6. The Hall–Kier alpha value is -4.11. The Morgan fingerprint density at radius 2 is 1.65 bits per heavy atom. The number of benzene rings is 3. The predicted octanol–water partition coefficient (Wildman–Crippen LogP) is 6.76. The number of esters is 1. The topological polar surface area (TPSA) is 123 Å². The molecule has 9 nitrogen and oxygen atoms in total. The summed E-state index contributed by atoms with van der Waals surface area (Å²) in [5, 5.41) is 11.1. The van der Waals surface area contributed by atoms with Crippen LogP contribution in [0.1, 0.15) is 82.4 Å². The van der Waals surface area contributed by atoms with Gasteiger partial charge in [0.15, 0.2) is 0 Å². The second-order valence-corrected chi connectivity index (χ2v) is 14.1. The van der Waals surface area contributed by atoms with E-state index in [4.69, 9.17) is 21.1 Å². The predicted molar refractivity (Wildman–Crippen MR) is 185 cm³/mol. The molecule has 1 unspecified atom stereocenters. The van der Waals surface area contributed by atoms with Crippen LogP contribution >= 0.6 is 11.6 Å². The van der Waals surface area contributed by atoms with E-state index in [0.717, 1.165) is 54.0 Å². The quantitative estimate of drug-likeness (QED) is 0.182. The Kier molecular flexibility index (Phi) is 11.6. The number of carbonyl (C=O) groups excluding carboxylic acids is 4. The van der Waals surface area contributed by atoms with Gasteiger partial charge in [0.2, 0.25) is 11.8 Å². The van der Waals surface area contributed by atoms with Gasteiger partial charge in [0.1, 0.15) is 18.2 Å². The molecule has 4 atom stereocenters. The number of amides is 3. The van der Waals surface area contributed by atoms with E-state index in [1.165, 1.54) is 7.11 Å². The summed E-state index contributed by atoms with van der Waals surface area (Å²) in [5.41, 5.74) is 0.959. The molecule has 0 aromatic heterocycles. The first-order valence-corrected chi connectivity index (χ1v) is 17.3. The first-order chi connectivity index (χ1) is 23.0. The lowest BCUT2D eigenvalue weighted by Crippen LogP contribution is -2.53. The van der Waals surface area contributed by atoms with Crippen molar-refractivity contribution in [2.24, 2.45) is 11.8 Å². The third-order valence-corrected chi connectivity index (χ3v) is 10.1. The number of carbonyl (C=O) groups is 4. The lowest BCUT2D eigenvalue weighted by Gasteiger charge is -2.35. The molecule has 3 N–H and O–H groups in total. The zero-order valence-electron chi connectivity index (χ0n) is 27.9. The van der Waals surface area contributed by atoms with Gasteiger partial charge >= 0.3 is 12.1 Å². The maximum absolute atomic E-state index is 13.9. The molecular formula is C38H46ClN3O6. The molecule has 1 aliphatic carbocycles. The fourth-order valence-electron chi connectivity index (χ4n) is 7.10. The Balaban J connectivity index is 1.41. The van der Waals surface area contributed by atoms with Crippen LogP contribution in [0.15, 0.2) is 66.7 Å². The van der Waals surface area contributed by atoms with E-state index in [2.05, 4.69) is 16.0 Å². The van der Waals surface area contributed by atoms with E-state index in [-0.39, 0.29) is 18.2 Å². The summed E-state index contributed by atoms with van der Waals surface area (Å²) in [7, 11) is 1.25. The maximum Gasteiger partial charge on any atom is 0.408 e. The summed E-state index contributed by atoms with van der Waals surface area (Å²) in [5.74, 6) is -1.49. The van der Waals surface area contributed by atoms with Crippen LogP contribution in [0.4, 0.5) is 4.79 Å². The zero-order valence-corrected chi connectivity index (χ0v) is 28.7. The lowest BCUT2D eigenvalue weighted by atomic mass is 9.76. The summed E-state index contributed by atoms with van der Waals surface area (Å²) >= 11 is 6.40. The van der Waals surface area contributed by atoms with Crippen LogP contribution < -0.4 is 16.0 Å². The van der Waals surface area contributed by atoms with Crippen molar-refractivity contribution in [1.29, 1.82) is 0 Å². The fourth-order valence-corrected chi connectivity index (χ4v) is 7.29. The Bertz CT molecular complexity index is 1620. The third-order valence-electron chi connectivity index (χ3n) is 9.91. The maximum atomic E-state index is 13.9. The average molecular weight is 676 g/mol. The van der Waals surface area contributed by atoms with Crippen molar-refractivity contribution in [2.75, 3.05) is 13.7 Å².